The Bertz CT molecular complexity index is 891. The maximum Gasteiger partial charge on any atom is 0.141 e. The zero-order valence-electron chi connectivity index (χ0n) is 12.3. The number of halogens is 1. The monoisotopic (exact) mass is 327 g/mol. The first kappa shape index (κ1) is 16.6. The number of hydrogen-bond donors (Lipinski definition) is 1. The number of rotatable bonds is 3. The molecule has 3 rings (SSSR count). The van der Waals surface area contributed by atoms with E-state index in [2.05, 4.69) is 21.2 Å². The number of methoxy groups -OCH3 is 1. The van der Waals surface area contributed by atoms with E-state index in [0.717, 1.165) is 16.7 Å². The second kappa shape index (κ2) is 6.97. The van der Waals surface area contributed by atoms with Crippen LogP contribution in [0.3, 0.4) is 0 Å². The lowest BCUT2D eigenvalue weighted by Crippen LogP contribution is -1.97. The Labute approximate surface area is 138 Å². The second-order valence-corrected chi connectivity index (χ2v) is 4.92. The first-order chi connectivity index (χ1) is 10.7. The summed E-state index contributed by atoms with van der Waals surface area (Å²) in [5.74, 6) is 3.95. The van der Waals surface area contributed by atoms with Crippen molar-refractivity contribution in [3.05, 3.63) is 53.3 Å². The zero-order chi connectivity index (χ0) is 15.5. The minimum absolute atomic E-state index is 0. The van der Waals surface area contributed by atoms with Crippen LogP contribution < -0.4 is 10.1 Å². The van der Waals surface area contributed by atoms with Crippen molar-refractivity contribution in [1.82, 2.24) is 9.97 Å². The van der Waals surface area contributed by atoms with Gasteiger partial charge in [0.2, 0.25) is 0 Å². The van der Waals surface area contributed by atoms with Crippen molar-refractivity contribution < 1.29 is 10.2 Å². The van der Waals surface area contributed by atoms with Crippen LogP contribution in [0.15, 0.2) is 42.7 Å². The Morgan fingerprint density at radius 2 is 2.04 bits per heavy atom. The van der Waals surface area contributed by atoms with Gasteiger partial charge < -0.3 is 15.5 Å². The van der Waals surface area contributed by atoms with Crippen LogP contribution in [-0.2, 0) is 0 Å². The van der Waals surface area contributed by atoms with Gasteiger partial charge in [0.25, 0.3) is 0 Å². The molecular formula is C17H14ClN3O2. The van der Waals surface area contributed by atoms with Gasteiger partial charge in [0.15, 0.2) is 0 Å². The molecule has 0 spiro atoms. The largest absolute Gasteiger partial charge is 0.497 e. The number of anilines is 2. The molecule has 0 unspecified atom stereocenters. The summed E-state index contributed by atoms with van der Waals surface area (Å²) < 4.78 is 5.21. The Balaban J connectivity index is 0.00000192. The minimum Gasteiger partial charge on any atom is -0.497 e. The Kier molecular flexibility index (Phi) is 5.02. The maximum absolute atomic E-state index is 6.29. The molecule has 3 N–H and O–H groups in total. The molecule has 0 saturated carbocycles. The van der Waals surface area contributed by atoms with E-state index in [-0.39, 0.29) is 5.48 Å². The SMILES string of the molecule is C#Cc1cccc(Nc2ncnc3cc(OC)ccc23)c1Cl.O. The second-order valence-electron chi connectivity index (χ2n) is 4.54. The van der Waals surface area contributed by atoms with Gasteiger partial charge in [-0.15, -0.1) is 6.42 Å². The fourth-order valence-electron chi connectivity index (χ4n) is 2.13. The molecule has 0 aliphatic heterocycles. The predicted molar refractivity (Wildman–Crippen MR) is 92.4 cm³/mol. The van der Waals surface area contributed by atoms with Gasteiger partial charge in [0.05, 0.1) is 23.3 Å². The first-order valence-corrected chi connectivity index (χ1v) is 6.91. The van der Waals surface area contributed by atoms with Crippen LogP contribution in [0.25, 0.3) is 10.9 Å². The van der Waals surface area contributed by atoms with Gasteiger partial charge in [0.1, 0.15) is 17.9 Å². The maximum atomic E-state index is 6.29. The molecule has 2 aromatic carbocycles. The molecule has 0 amide bonds. The highest BCUT2D eigenvalue weighted by atomic mass is 35.5. The summed E-state index contributed by atoms with van der Waals surface area (Å²) in [5, 5.41) is 4.57. The smallest absolute Gasteiger partial charge is 0.141 e. The van der Waals surface area contributed by atoms with E-state index >= 15 is 0 Å². The molecule has 0 aliphatic carbocycles. The fourth-order valence-corrected chi connectivity index (χ4v) is 2.36. The molecule has 23 heavy (non-hydrogen) atoms. The third-order valence-electron chi connectivity index (χ3n) is 3.25. The van der Waals surface area contributed by atoms with Crippen molar-refractivity contribution in [1.29, 1.82) is 0 Å². The zero-order valence-corrected chi connectivity index (χ0v) is 13.1. The van der Waals surface area contributed by atoms with Crippen molar-refractivity contribution in [3.8, 4) is 18.1 Å². The third kappa shape index (κ3) is 3.19. The molecule has 0 bridgehead atoms. The number of aromatic nitrogens is 2. The number of ether oxygens (including phenoxy) is 1. The lowest BCUT2D eigenvalue weighted by Gasteiger charge is -2.11. The molecular weight excluding hydrogens is 314 g/mol. The van der Waals surface area contributed by atoms with Crippen LogP contribution in [0.5, 0.6) is 5.75 Å². The van der Waals surface area contributed by atoms with Crippen LogP contribution in [0, 0.1) is 12.3 Å². The summed E-state index contributed by atoms with van der Waals surface area (Å²) in [7, 11) is 1.62. The lowest BCUT2D eigenvalue weighted by atomic mass is 10.2. The molecule has 3 aromatic rings. The Morgan fingerprint density at radius 1 is 1.22 bits per heavy atom. The van der Waals surface area contributed by atoms with E-state index in [1.54, 1.807) is 13.2 Å². The van der Waals surface area contributed by atoms with Gasteiger partial charge >= 0.3 is 0 Å². The fraction of sp³-hybridized carbons (Fsp3) is 0.0588. The van der Waals surface area contributed by atoms with Crippen molar-refractivity contribution in [3.63, 3.8) is 0 Å². The van der Waals surface area contributed by atoms with Crippen LogP contribution in [0.4, 0.5) is 11.5 Å². The van der Waals surface area contributed by atoms with Crippen LogP contribution in [0.1, 0.15) is 5.56 Å². The number of nitrogens with zero attached hydrogens (tertiary/aromatic N) is 2. The summed E-state index contributed by atoms with van der Waals surface area (Å²) in [5.41, 5.74) is 2.11. The van der Waals surface area contributed by atoms with Crippen LogP contribution in [-0.4, -0.2) is 22.6 Å². The highest BCUT2D eigenvalue weighted by Gasteiger charge is 2.09. The van der Waals surface area contributed by atoms with Gasteiger partial charge in [-0.25, -0.2) is 9.97 Å². The summed E-state index contributed by atoms with van der Waals surface area (Å²) in [6.07, 6.45) is 6.92. The highest BCUT2D eigenvalue weighted by molar-refractivity contribution is 6.34. The van der Waals surface area contributed by atoms with Gasteiger partial charge in [-0.1, -0.05) is 23.6 Å². The normalized spacial score (nSPS) is 9.78. The van der Waals surface area contributed by atoms with E-state index in [4.69, 9.17) is 22.8 Å². The van der Waals surface area contributed by atoms with Gasteiger partial charge in [-0.3, -0.25) is 0 Å². The third-order valence-corrected chi connectivity index (χ3v) is 3.66. The van der Waals surface area contributed by atoms with E-state index in [9.17, 15) is 0 Å². The van der Waals surface area contributed by atoms with Crippen molar-refractivity contribution >= 4 is 34.0 Å². The molecule has 116 valence electrons. The van der Waals surface area contributed by atoms with Gasteiger partial charge in [0, 0.05) is 17.0 Å². The Hall–Kier alpha value is -2.81. The molecule has 0 radical (unpaired) electrons. The van der Waals surface area contributed by atoms with E-state index < -0.39 is 0 Å². The molecule has 0 aliphatic rings. The molecule has 1 heterocycles. The van der Waals surface area contributed by atoms with E-state index in [1.165, 1.54) is 6.33 Å². The number of fused-ring (bicyclic) bond motifs is 1. The predicted octanol–water partition coefficient (Wildman–Crippen LogP) is 3.19. The van der Waals surface area contributed by atoms with Gasteiger partial charge in [-0.05, 0) is 24.3 Å². The van der Waals surface area contributed by atoms with Gasteiger partial charge in [-0.2, -0.15) is 0 Å². The number of benzene rings is 2. The van der Waals surface area contributed by atoms with Crippen LogP contribution >= 0.6 is 11.6 Å². The summed E-state index contributed by atoms with van der Waals surface area (Å²) in [6.45, 7) is 0. The first-order valence-electron chi connectivity index (χ1n) is 6.54. The molecule has 0 atom stereocenters. The number of terminal acetylenes is 1. The standard InChI is InChI=1S/C17H12ClN3O.H2O/c1-3-11-5-4-6-14(16(11)18)21-17-13-8-7-12(22-2)9-15(13)19-10-20-17;/h1,4-10H,2H3,(H,19,20,21);1H2. The summed E-state index contributed by atoms with van der Waals surface area (Å²) in [4.78, 5) is 8.53. The Morgan fingerprint density at radius 3 is 2.78 bits per heavy atom. The van der Waals surface area contributed by atoms with Crippen molar-refractivity contribution in [2.75, 3.05) is 12.4 Å². The summed E-state index contributed by atoms with van der Waals surface area (Å²) >= 11 is 6.29. The highest BCUT2D eigenvalue weighted by Crippen LogP contribution is 2.31. The average molecular weight is 328 g/mol. The van der Waals surface area contributed by atoms with Crippen molar-refractivity contribution in [2.45, 2.75) is 0 Å². The number of nitrogens with one attached hydrogen (secondary N) is 1. The summed E-state index contributed by atoms with van der Waals surface area (Å²) in [6, 6.07) is 11.1. The molecule has 0 fully saturated rings. The lowest BCUT2D eigenvalue weighted by molar-refractivity contribution is 0.415. The molecule has 5 nitrogen and oxygen atoms in total. The van der Waals surface area contributed by atoms with Crippen LogP contribution in [0.2, 0.25) is 5.02 Å². The van der Waals surface area contributed by atoms with E-state index in [0.29, 0.717) is 22.1 Å². The molecule has 0 saturated heterocycles. The molecule has 1 aromatic heterocycles. The quantitative estimate of drug-likeness (QED) is 0.749. The van der Waals surface area contributed by atoms with Crippen molar-refractivity contribution in [2.24, 2.45) is 0 Å². The average Bonchev–Trinajstić information content (AvgIpc) is 2.56. The minimum atomic E-state index is 0. The molecule has 6 heteroatoms. The van der Waals surface area contributed by atoms with E-state index in [1.807, 2.05) is 30.3 Å². The topological polar surface area (TPSA) is 78.5 Å². The number of hydrogen-bond acceptors (Lipinski definition) is 4.